The van der Waals surface area contributed by atoms with Gasteiger partial charge in [-0.05, 0) is 26.4 Å². The molecule has 1 fully saturated rings. The van der Waals surface area contributed by atoms with Gasteiger partial charge in [0, 0.05) is 24.5 Å². The Morgan fingerprint density at radius 2 is 2.64 bits per heavy atom. The fraction of sp³-hybridized carbons (Fsp3) is 0.700. The predicted octanol–water partition coefficient (Wildman–Crippen LogP) is 1.33. The molecule has 2 heterocycles. The maximum atomic E-state index is 4.33. The fourth-order valence-electron chi connectivity index (χ4n) is 2.09. The van der Waals surface area contributed by atoms with E-state index < -0.39 is 0 Å². The minimum absolute atomic E-state index is 0.710. The molecule has 0 amide bonds. The normalized spacial score (nSPS) is 23.1. The Morgan fingerprint density at radius 3 is 3.36 bits per heavy atom. The van der Waals surface area contributed by atoms with Crippen LogP contribution in [0.4, 0.5) is 0 Å². The zero-order valence-electron chi connectivity index (χ0n) is 8.57. The molecule has 3 nitrogen and oxygen atoms in total. The van der Waals surface area contributed by atoms with Crippen LogP contribution in [-0.4, -0.2) is 36.1 Å². The molecule has 0 radical (unpaired) electrons. The summed E-state index contributed by atoms with van der Waals surface area (Å²) >= 11 is 1.68. The van der Waals surface area contributed by atoms with Crippen molar-refractivity contribution in [2.75, 3.05) is 20.1 Å². The van der Waals surface area contributed by atoms with Gasteiger partial charge in [0.25, 0.3) is 0 Å². The zero-order chi connectivity index (χ0) is 9.80. The molecular formula is C10H17N3S. The highest BCUT2D eigenvalue weighted by Crippen LogP contribution is 2.19. The van der Waals surface area contributed by atoms with Crippen molar-refractivity contribution in [1.82, 2.24) is 15.2 Å². The van der Waals surface area contributed by atoms with E-state index in [1.807, 2.05) is 12.6 Å². The molecule has 1 unspecified atom stereocenters. The van der Waals surface area contributed by atoms with Gasteiger partial charge in [0.2, 0.25) is 0 Å². The molecule has 14 heavy (non-hydrogen) atoms. The molecule has 1 saturated heterocycles. The molecule has 1 aliphatic heterocycles. The summed E-state index contributed by atoms with van der Waals surface area (Å²) in [5.74, 6) is 0. The summed E-state index contributed by atoms with van der Waals surface area (Å²) in [4.78, 5) is 6.86. The predicted molar refractivity (Wildman–Crippen MR) is 59.5 cm³/mol. The number of likely N-dealkylation sites (N-methyl/N-ethyl adjacent to an activating group) is 1. The van der Waals surface area contributed by atoms with Crippen LogP contribution in [0.1, 0.15) is 18.5 Å². The van der Waals surface area contributed by atoms with Crippen molar-refractivity contribution in [3.63, 3.8) is 0 Å². The van der Waals surface area contributed by atoms with Crippen LogP contribution in [0.5, 0.6) is 0 Å². The molecule has 0 saturated carbocycles. The van der Waals surface area contributed by atoms with Crippen LogP contribution in [0, 0.1) is 0 Å². The minimum Gasteiger partial charge on any atom is -0.318 e. The van der Waals surface area contributed by atoms with E-state index in [1.54, 1.807) is 11.3 Å². The maximum Gasteiger partial charge on any atom is 0.0795 e. The topological polar surface area (TPSA) is 28.2 Å². The highest BCUT2D eigenvalue weighted by atomic mass is 32.1. The average Bonchev–Trinajstić information content (AvgIpc) is 2.80. The SMILES string of the molecule is CNCC1CCCN1Cc1cscn1. The minimum atomic E-state index is 0.710. The van der Waals surface area contributed by atoms with Gasteiger partial charge in [-0.3, -0.25) is 4.90 Å². The largest absolute Gasteiger partial charge is 0.318 e. The van der Waals surface area contributed by atoms with Gasteiger partial charge in [0.05, 0.1) is 11.2 Å². The Kier molecular flexibility index (Phi) is 3.50. The number of hydrogen-bond donors (Lipinski definition) is 1. The third kappa shape index (κ3) is 2.32. The lowest BCUT2D eigenvalue weighted by molar-refractivity contribution is 0.240. The van der Waals surface area contributed by atoms with Crippen molar-refractivity contribution in [1.29, 1.82) is 0 Å². The molecule has 0 aromatic carbocycles. The van der Waals surface area contributed by atoms with Crippen LogP contribution in [0.2, 0.25) is 0 Å². The first-order valence-electron chi connectivity index (χ1n) is 5.16. The Bertz CT molecular complexity index is 260. The van der Waals surface area contributed by atoms with Crippen LogP contribution in [0.25, 0.3) is 0 Å². The van der Waals surface area contributed by atoms with Gasteiger partial charge in [0.1, 0.15) is 0 Å². The Labute approximate surface area is 89.1 Å². The van der Waals surface area contributed by atoms with Crippen LogP contribution in [-0.2, 0) is 6.54 Å². The Morgan fingerprint density at radius 1 is 1.71 bits per heavy atom. The quantitative estimate of drug-likeness (QED) is 0.814. The average molecular weight is 211 g/mol. The van der Waals surface area contributed by atoms with Gasteiger partial charge in [-0.15, -0.1) is 11.3 Å². The molecular weight excluding hydrogens is 194 g/mol. The smallest absolute Gasteiger partial charge is 0.0795 e. The Balaban J connectivity index is 1.90. The molecule has 1 aromatic rings. The van der Waals surface area contributed by atoms with Crippen molar-refractivity contribution in [2.45, 2.75) is 25.4 Å². The van der Waals surface area contributed by atoms with Crippen LogP contribution in [0.3, 0.4) is 0 Å². The van der Waals surface area contributed by atoms with Crippen molar-refractivity contribution >= 4 is 11.3 Å². The molecule has 2 rings (SSSR count). The lowest BCUT2D eigenvalue weighted by atomic mass is 10.2. The van der Waals surface area contributed by atoms with E-state index in [-0.39, 0.29) is 0 Å². The number of hydrogen-bond acceptors (Lipinski definition) is 4. The van der Waals surface area contributed by atoms with E-state index in [2.05, 4.69) is 20.6 Å². The van der Waals surface area contributed by atoms with Crippen molar-refractivity contribution < 1.29 is 0 Å². The van der Waals surface area contributed by atoms with Crippen LogP contribution >= 0.6 is 11.3 Å². The summed E-state index contributed by atoms with van der Waals surface area (Å²) in [5, 5.41) is 5.41. The second-order valence-electron chi connectivity index (χ2n) is 3.80. The molecule has 0 aliphatic carbocycles. The van der Waals surface area contributed by atoms with Crippen molar-refractivity contribution in [3.8, 4) is 0 Å². The number of nitrogens with zero attached hydrogens (tertiary/aromatic N) is 2. The van der Waals surface area contributed by atoms with E-state index in [9.17, 15) is 0 Å². The fourth-order valence-corrected chi connectivity index (χ4v) is 2.64. The molecule has 0 bridgehead atoms. The lowest BCUT2D eigenvalue weighted by Gasteiger charge is -2.23. The first-order chi connectivity index (χ1) is 6.90. The summed E-state index contributed by atoms with van der Waals surface area (Å²) in [5.41, 5.74) is 3.14. The van der Waals surface area contributed by atoms with Gasteiger partial charge in [-0.25, -0.2) is 4.98 Å². The zero-order valence-corrected chi connectivity index (χ0v) is 9.39. The van der Waals surface area contributed by atoms with Gasteiger partial charge in [-0.2, -0.15) is 0 Å². The number of rotatable bonds is 4. The standard InChI is InChI=1S/C10H17N3S/c1-11-5-10-3-2-4-13(10)6-9-7-14-8-12-9/h7-8,10-11H,2-6H2,1H3. The van der Waals surface area contributed by atoms with Gasteiger partial charge < -0.3 is 5.32 Å². The van der Waals surface area contributed by atoms with E-state index in [4.69, 9.17) is 0 Å². The van der Waals surface area contributed by atoms with E-state index in [0.717, 1.165) is 13.1 Å². The molecule has 1 aromatic heterocycles. The lowest BCUT2D eigenvalue weighted by Crippen LogP contribution is -2.36. The second kappa shape index (κ2) is 4.87. The Hall–Kier alpha value is -0.450. The van der Waals surface area contributed by atoms with Gasteiger partial charge >= 0.3 is 0 Å². The first-order valence-corrected chi connectivity index (χ1v) is 6.10. The van der Waals surface area contributed by atoms with Crippen LogP contribution < -0.4 is 5.32 Å². The monoisotopic (exact) mass is 211 g/mol. The third-order valence-corrected chi connectivity index (χ3v) is 3.42. The third-order valence-electron chi connectivity index (χ3n) is 2.79. The molecule has 1 aliphatic rings. The summed E-state index contributed by atoms with van der Waals surface area (Å²) in [6.45, 7) is 3.35. The van der Waals surface area contributed by atoms with Crippen molar-refractivity contribution in [3.05, 3.63) is 16.6 Å². The van der Waals surface area contributed by atoms with E-state index in [0.29, 0.717) is 6.04 Å². The molecule has 0 spiro atoms. The summed E-state index contributed by atoms with van der Waals surface area (Å²) in [6, 6.07) is 0.710. The maximum absolute atomic E-state index is 4.33. The number of aromatic nitrogens is 1. The van der Waals surface area contributed by atoms with Gasteiger partial charge in [-0.1, -0.05) is 0 Å². The summed E-state index contributed by atoms with van der Waals surface area (Å²) in [7, 11) is 2.03. The van der Waals surface area contributed by atoms with Gasteiger partial charge in [0.15, 0.2) is 0 Å². The van der Waals surface area contributed by atoms with E-state index >= 15 is 0 Å². The molecule has 1 atom stereocenters. The van der Waals surface area contributed by atoms with Crippen LogP contribution in [0.15, 0.2) is 10.9 Å². The highest BCUT2D eigenvalue weighted by molar-refractivity contribution is 7.07. The van der Waals surface area contributed by atoms with E-state index in [1.165, 1.54) is 25.1 Å². The van der Waals surface area contributed by atoms with Crippen molar-refractivity contribution in [2.24, 2.45) is 0 Å². The first kappa shape index (κ1) is 10.1. The molecule has 4 heteroatoms. The number of nitrogens with one attached hydrogen (secondary N) is 1. The number of thiazole rings is 1. The molecule has 78 valence electrons. The summed E-state index contributed by atoms with van der Waals surface area (Å²) in [6.07, 6.45) is 2.65. The second-order valence-corrected chi connectivity index (χ2v) is 4.52. The number of likely N-dealkylation sites (tertiary alicyclic amines) is 1. The highest BCUT2D eigenvalue weighted by Gasteiger charge is 2.23. The summed E-state index contributed by atoms with van der Waals surface area (Å²) < 4.78 is 0. The molecule has 1 N–H and O–H groups in total.